The molecule has 0 fully saturated rings. The fraction of sp³-hybridized carbons (Fsp3) is 0.476. The van der Waals surface area contributed by atoms with Crippen LogP contribution in [0.1, 0.15) is 5.56 Å². The van der Waals surface area contributed by atoms with E-state index in [1.807, 2.05) is 30.3 Å². The average Bonchev–Trinajstić information content (AvgIpc) is 2.77. The van der Waals surface area contributed by atoms with Gasteiger partial charge in [0.1, 0.15) is 19.7 Å². The number of methoxy groups -OCH3 is 1. The Morgan fingerprint density at radius 1 is 0.688 bits per heavy atom. The summed E-state index contributed by atoms with van der Waals surface area (Å²) in [5, 5.41) is 0. The summed E-state index contributed by atoms with van der Waals surface area (Å²) in [6.07, 6.45) is -0.668. The molecule has 32 heavy (non-hydrogen) atoms. The maximum Gasteiger partial charge on any atom is 0.410 e. The minimum absolute atomic E-state index is 0.0791. The van der Waals surface area contributed by atoms with E-state index in [-0.39, 0.29) is 32.8 Å². The molecule has 1 rings (SSSR count). The zero-order valence-corrected chi connectivity index (χ0v) is 19.1. The molecule has 0 aliphatic heterocycles. The molecule has 11 heteroatoms. The first-order valence-electron chi connectivity index (χ1n) is 9.75. The Morgan fingerprint density at radius 3 is 1.59 bits per heavy atom. The number of hydrogen-bond donors (Lipinski definition) is 0. The molecule has 0 saturated carbocycles. The maximum absolute atomic E-state index is 12.4. The van der Waals surface area contributed by atoms with Gasteiger partial charge in [-0.3, -0.25) is 19.2 Å². The van der Waals surface area contributed by atoms with E-state index in [0.29, 0.717) is 0 Å². The zero-order chi connectivity index (χ0) is 24.3. The third-order valence-corrected chi connectivity index (χ3v) is 4.51. The average molecular weight is 450 g/mol. The van der Waals surface area contributed by atoms with Crippen molar-refractivity contribution in [1.82, 2.24) is 19.6 Å². The normalized spacial score (nSPS) is 10.0. The standard InChI is InChI=1S/C21H30N4O7/c1-22(12-18(27)24(3)14-20(29)31-5)17(26)11-23(2)19(28)13-25(4)21(30)32-15-16-9-7-6-8-10-16/h6-10H,11-15H2,1-5H3. The van der Waals surface area contributed by atoms with E-state index in [1.54, 1.807) is 0 Å². The summed E-state index contributed by atoms with van der Waals surface area (Å²) in [4.78, 5) is 64.7. The molecule has 0 N–H and O–H groups in total. The molecule has 0 aliphatic rings. The molecule has 0 atom stereocenters. The summed E-state index contributed by atoms with van der Waals surface area (Å²) >= 11 is 0. The first-order chi connectivity index (χ1) is 15.0. The molecule has 0 unspecified atom stereocenters. The van der Waals surface area contributed by atoms with Crippen LogP contribution in [0.15, 0.2) is 30.3 Å². The first-order valence-corrected chi connectivity index (χ1v) is 9.75. The van der Waals surface area contributed by atoms with E-state index in [2.05, 4.69) is 4.74 Å². The van der Waals surface area contributed by atoms with E-state index >= 15 is 0 Å². The molecule has 0 bridgehead atoms. The molecule has 0 heterocycles. The van der Waals surface area contributed by atoms with Gasteiger partial charge in [-0.25, -0.2) is 4.79 Å². The van der Waals surface area contributed by atoms with E-state index < -0.39 is 29.8 Å². The van der Waals surface area contributed by atoms with Crippen LogP contribution in [0.2, 0.25) is 0 Å². The van der Waals surface area contributed by atoms with Gasteiger partial charge in [-0.05, 0) is 5.56 Å². The highest BCUT2D eigenvalue weighted by molar-refractivity contribution is 5.90. The highest BCUT2D eigenvalue weighted by Crippen LogP contribution is 2.03. The van der Waals surface area contributed by atoms with Crippen molar-refractivity contribution in [1.29, 1.82) is 0 Å². The van der Waals surface area contributed by atoms with Gasteiger partial charge >= 0.3 is 12.1 Å². The Labute approximate surface area is 187 Å². The quantitative estimate of drug-likeness (QED) is 0.453. The number of esters is 1. The third kappa shape index (κ3) is 9.02. The van der Waals surface area contributed by atoms with Crippen LogP contribution in [0.5, 0.6) is 0 Å². The highest BCUT2D eigenvalue weighted by Gasteiger charge is 2.22. The molecular formula is C21H30N4O7. The van der Waals surface area contributed by atoms with Crippen LogP contribution >= 0.6 is 0 Å². The van der Waals surface area contributed by atoms with Gasteiger partial charge in [-0.15, -0.1) is 0 Å². The molecule has 0 aliphatic carbocycles. The second kappa shape index (κ2) is 12.9. The molecule has 0 spiro atoms. The molecule has 1 aromatic carbocycles. The largest absolute Gasteiger partial charge is 0.468 e. The fourth-order valence-corrected chi connectivity index (χ4v) is 2.39. The highest BCUT2D eigenvalue weighted by atomic mass is 16.6. The van der Waals surface area contributed by atoms with Crippen molar-refractivity contribution < 1.29 is 33.4 Å². The molecule has 11 nitrogen and oxygen atoms in total. The van der Waals surface area contributed by atoms with Crippen LogP contribution < -0.4 is 0 Å². The van der Waals surface area contributed by atoms with Crippen molar-refractivity contribution in [2.75, 3.05) is 61.5 Å². The lowest BCUT2D eigenvalue weighted by Gasteiger charge is -2.25. The van der Waals surface area contributed by atoms with Gasteiger partial charge in [0, 0.05) is 28.2 Å². The molecule has 0 aromatic heterocycles. The van der Waals surface area contributed by atoms with Gasteiger partial charge in [-0.2, -0.15) is 0 Å². The van der Waals surface area contributed by atoms with Crippen molar-refractivity contribution in [2.45, 2.75) is 6.61 Å². The van der Waals surface area contributed by atoms with Crippen LogP contribution in [-0.2, 0) is 35.3 Å². The number of likely N-dealkylation sites (N-methyl/N-ethyl adjacent to an activating group) is 4. The SMILES string of the molecule is COC(=O)CN(C)C(=O)CN(C)C(=O)CN(C)C(=O)CN(C)C(=O)OCc1ccccc1. The van der Waals surface area contributed by atoms with Crippen molar-refractivity contribution >= 4 is 29.8 Å². The second-order valence-electron chi connectivity index (χ2n) is 7.22. The van der Waals surface area contributed by atoms with Crippen LogP contribution in [0.3, 0.4) is 0 Å². The van der Waals surface area contributed by atoms with E-state index in [1.165, 1.54) is 35.3 Å². The first kappa shape index (κ1) is 26.4. The lowest BCUT2D eigenvalue weighted by atomic mass is 10.2. The van der Waals surface area contributed by atoms with E-state index in [9.17, 15) is 24.0 Å². The van der Waals surface area contributed by atoms with Crippen LogP contribution in [0.25, 0.3) is 0 Å². The number of rotatable bonds is 10. The van der Waals surface area contributed by atoms with Gasteiger partial charge < -0.3 is 29.1 Å². The molecule has 176 valence electrons. The summed E-state index contributed by atoms with van der Waals surface area (Å²) in [6, 6.07) is 9.12. The Morgan fingerprint density at radius 2 is 1.12 bits per heavy atom. The number of hydrogen-bond acceptors (Lipinski definition) is 7. The van der Waals surface area contributed by atoms with Crippen molar-refractivity contribution in [2.24, 2.45) is 0 Å². The lowest BCUT2D eigenvalue weighted by molar-refractivity contribution is -0.147. The van der Waals surface area contributed by atoms with Crippen LogP contribution in [0.4, 0.5) is 4.79 Å². The third-order valence-electron chi connectivity index (χ3n) is 4.51. The van der Waals surface area contributed by atoms with E-state index in [4.69, 9.17) is 4.74 Å². The van der Waals surface area contributed by atoms with Crippen LogP contribution in [-0.4, -0.2) is 111 Å². The fourth-order valence-electron chi connectivity index (χ4n) is 2.39. The van der Waals surface area contributed by atoms with Gasteiger partial charge in [0.2, 0.25) is 17.7 Å². The summed E-state index contributed by atoms with van der Waals surface area (Å²) in [5.41, 5.74) is 0.818. The number of carbonyl (C=O) groups is 5. The smallest absolute Gasteiger partial charge is 0.410 e. The maximum atomic E-state index is 12.4. The summed E-state index contributed by atoms with van der Waals surface area (Å²) < 4.78 is 9.65. The summed E-state index contributed by atoms with van der Waals surface area (Å²) in [5.74, 6) is -1.98. The Bertz CT molecular complexity index is 816. The molecule has 1 aromatic rings. The predicted molar refractivity (Wildman–Crippen MR) is 114 cm³/mol. The second-order valence-corrected chi connectivity index (χ2v) is 7.22. The number of benzene rings is 1. The van der Waals surface area contributed by atoms with Gasteiger partial charge in [0.25, 0.3) is 0 Å². The zero-order valence-electron chi connectivity index (χ0n) is 19.1. The van der Waals surface area contributed by atoms with Crippen molar-refractivity contribution in [3.05, 3.63) is 35.9 Å². The Hall–Kier alpha value is -3.63. The van der Waals surface area contributed by atoms with Gasteiger partial charge in [-0.1, -0.05) is 30.3 Å². The van der Waals surface area contributed by atoms with Crippen molar-refractivity contribution in [3.8, 4) is 0 Å². The number of nitrogens with zero attached hydrogens (tertiary/aromatic N) is 4. The Balaban J connectivity index is 2.45. The van der Waals surface area contributed by atoms with Crippen molar-refractivity contribution in [3.63, 3.8) is 0 Å². The molecule has 4 amide bonds. The monoisotopic (exact) mass is 450 g/mol. The number of carbonyl (C=O) groups excluding carboxylic acids is 5. The van der Waals surface area contributed by atoms with E-state index in [0.717, 1.165) is 25.2 Å². The lowest BCUT2D eigenvalue weighted by Crippen LogP contribution is -2.46. The summed E-state index contributed by atoms with van der Waals surface area (Å²) in [6.45, 7) is -0.976. The number of amides is 4. The molecule has 0 radical (unpaired) electrons. The van der Waals surface area contributed by atoms with Gasteiger partial charge in [0.05, 0.1) is 20.2 Å². The van der Waals surface area contributed by atoms with Crippen LogP contribution in [0, 0.1) is 0 Å². The number of ether oxygens (including phenoxy) is 2. The predicted octanol–water partition coefficient (Wildman–Crippen LogP) is -0.197. The van der Waals surface area contributed by atoms with Gasteiger partial charge in [0.15, 0.2) is 0 Å². The topological polar surface area (TPSA) is 117 Å². The summed E-state index contributed by atoms with van der Waals surface area (Å²) in [7, 11) is 6.88. The molecule has 0 saturated heterocycles. The molecular weight excluding hydrogens is 420 g/mol. The minimum Gasteiger partial charge on any atom is -0.468 e. The Kier molecular flexibility index (Phi) is 10.7. The minimum atomic E-state index is -0.668.